The van der Waals surface area contributed by atoms with Gasteiger partial charge in [-0.1, -0.05) is 12.1 Å². The number of nitrogens with one attached hydrogen (secondary N) is 1. The average Bonchev–Trinajstić information content (AvgIpc) is 2.76. The Kier molecular flexibility index (Phi) is 7.28. The number of nitro groups is 1. The minimum absolute atomic E-state index is 0.0612. The quantitative estimate of drug-likeness (QED) is 0.412. The Labute approximate surface area is 171 Å². The predicted molar refractivity (Wildman–Crippen MR) is 106 cm³/mol. The smallest absolute Gasteiger partial charge is 0.413 e. The number of carbonyl (C=O) groups excluding carboxylic acids is 3. The number of nitrogens with zero attached hydrogens (tertiary/aromatic N) is 2. The van der Waals surface area contributed by atoms with Crippen molar-refractivity contribution in [3.05, 3.63) is 58.1 Å². The number of methoxy groups -OCH3 is 2. The van der Waals surface area contributed by atoms with Crippen molar-refractivity contribution in [2.45, 2.75) is 0 Å². The Hall–Kier alpha value is -4.15. The summed E-state index contributed by atoms with van der Waals surface area (Å²) in [5, 5.41) is 13.3. The monoisotopic (exact) mass is 417 g/mol. The molecule has 2 aromatic rings. The molecule has 158 valence electrons. The van der Waals surface area contributed by atoms with Crippen LogP contribution in [0.4, 0.5) is 21.9 Å². The summed E-state index contributed by atoms with van der Waals surface area (Å²) in [6.45, 7) is -0.630. The summed E-state index contributed by atoms with van der Waals surface area (Å²) in [4.78, 5) is 47.6. The van der Waals surface area contributed by atoms with Crippen LogP contribution in [0.2, 0.25) is 0 Å². The molecule has 30 heavy (non-hydrogen) atoms. The molecule has 11 heteroatoms. The van der Waals surface area contributed by atoms with E-state index in [9.17, 15) is 24.5 Å². The molecule has 0 radical (unpaired) electrons. The molecule has 0 aliphatic heterocycles. The number of esters is 1. The van der Waals surface area contributed by atoms with Crippen LogP contribution < -0.4 is 15.0 Å². The summed E-state index contributed by atoms with van der Waals surface area (Å²) in [6, 6.07) is 9.82. The fraction of sp³-hybridized carbons (Fsp3) is 0.211. The van der Waals surface area contributed by atoms with Crippen LogP contribution in [0.3, 0.4) is 0 Å². The lowest BCUT2D eigenvalue weighted by molar-refractivity contribution is -0.384. The zero-order valence-electron chi connectivity index (χ0n) is 16.4. The number of rotatable bonds is 7. The second-order valence-electron chi connectivity index (χ2n) is 5.81. The fourth-order valence-corrected chi connectivity index (χ4v) is 2.47. The maximum absolute atomic E-state index is 12.4. The second-order valence-corrected chi connectivity index (χ2v) is 5.81. The van der Waals surface area contributed by atoms with Crippen LogP contribution in [0, 0.1) is 10.1 Å². The van der Waals surface area contributed by atoms with Crippen molar-refractivity contribution < 1.29 is 33.5 Å². The van der Waals surface area contributed by atoms with E-state index >= 15 is 0 Å². The van der Waals surface area contributed by atoms with Crippen LogP contribution in [0.1, 0.15) is 10.4 Å². The number of benzene rings is 2. The molecule has 2 rings (SSSR count). The average molecular weight is 417 g/mol. The van der Waals surface area contributed by atoms with Gasteiger partial charge in [-0.05, 0) is 18.2 Å². The molecule has 0 fully saturated rings. The van der Waals surface area contributed by atoms with Crippen molar-refractivity contribution in [2.75, 3.05) is 38.1 Å². The van der Waals surface area contributed by atoms with Gasteiger partial charge in [0.1, 0.15) is 5.75 Å². The maximum Gasteiger partial charge on any atom is 0.413 e. The van der Waals surface area contributed by atoms with E-state index in [2.05, 4.69) is 10.1 Å². The molecule has 0 aliphatic carbocycles. The van der Waals surface area contributed by atoms with Gasteiger partial charge in [0.2, 0.25) is 0 Å². The highest BCUT2D eigenvalue weighted by molar-refractivity contribution is 6.02. The summed E-state index contributed by atoms with van der Waals surface area (Å²) in [5.74, 6) is -1.43. The summed E-state index contributed by atoms with van der Waals surface area (Å²) in [7, 11) is 3.92. The molecule has 0 aromatic heterocycles. The first-order chi connectivity index (χ1) is 14.3. The topological polar surface area (TPSA) is 137 Å². The molecule has 0 aliphatic rings. The number of para-hydroxylation sites is 1. The second kappa shape index (κ2) is 9.87. The van der Waals surface area contributed by atoms with Crippen molar-refractivity contribution in [3.8, 4) is 5.75 Å². The number of non-ortho nitro benzene ring substituents is 1. The lowest BCUT2D eigenvalue weighted by atomic mass is 10.1. The fourth-order valence-electron chi connectivity index (χ4n) is 2.47. The van der Waals surface area contributed by atoms with Crippen molar-refractivity contribution >= 4 is 35.0 Å². The first kappa shape index (κ1) is 22.1. The third-order valence-electron chi connectivity index (χ3n) is 3.94. The molecule has 0 bridgehead atoms. The summed E-state index contributed by atoms with van der Waals surface area (Å²) < 4.78 is 14.7. The molecule has 2 amide bonds. The highest BCUT2D eigenvalue weighted by Gasteiger charge is 2.21. The molecule has 0 spiro atoms. The predicted octanol–water partition coefficient (Wildman–Crippen LogP) is 2.60. The Bertz CT molecular complexity index is 976. The molecular formula is C19H19N3O8. The number of hydrogen-bond acceptors (Lipinski definition) is 8. The van der Waals surface area contributed by atoms with Crippen molar-refractivity contribution in [2.24, 2.45) is 0 Å². The zero-order chi connectivity index (χ0) is 22.3. The van der Waals surface area contributed by atoms with Crippen molar-refractivity contribution in [3.63, 3.8) is 0 Å². The minimum Gasteiger partial charge on any atom is -0.494 e. The Morgan fingerprint density at radius 1 is 1.13 bits per heavy atom. The highest BCUT2D eigenvalue weighted by atomic mass is 16.6. The Morgan fingerprint density at radius 3 is 2.47 bits per heavy atom. The number of carbonyl (C=O) groups is 3. The standard InChI is InChI=1S/C19H19N3O8/c1-21(19(25)29-3)15-7-5-4-6-13(15)18(24)30-11-17(23)20-14-9-8-12(22(26)27)10-16(14)28-2/h4-10H,11H2,1-3H3,(H,20,23). The largest absolute Gasteiger partial charge is 0.494 e. The lowest BCUT2D eigenvalue weighted by Crippen LogP contribution is -2.28. The third kappa shape index (κ3) is 5.22. The van der Waals surface area contributed by atoms with Gasteiger partial charge in [0.05, 0.1) is 42.1 Å². The van der Waals surface area contributed by atoms with Crippen LogP contribution >= 0.6 is 0 Å². The first-order valence-corrected chi connectivity index (χ1v) is 8.48. The highest BCUT2D eigenvalue weighted by Crippen LogP contribution is 2.29. The number of ether oxygens (including phenoxy) is 3. The van der Waals surface area contributed by atoms with Crippen LogP contribution in [0.15, 0.2) is 42.5 Å². The maximum atomic E-state index is 12.4. The van der Waals surface area contributed by atoms with E-state index in [-0.39, 0.29) is 28.4 Å². The van der Waals surface area contributed by atoms with E-state index in [1.54, 1.807) is 12.1 Å². The van der Waals surface area contributed by atoms with Gasteiger partial charge in [0.15, 0.2) is 6.61 Å². The van der Waals surface area contributed by atoms with E-state index in [0.717, 1.165) is 11.0 Å². The zero-order valence-corrected chi connectivity index (χ0v) is 16.4. The van der Waals surface area contributed by atoms with Crippen LogP contribution in [0.25, 0.3) is 0 Å². The number of nitro benzene ring substituents is 1. The van der Waals surface area contributed by atoms with E-state index in [1.165, 1.54) is 45.5 Å². The van der Waals surface area contributed by atoms with E-state index in [0.29, 0.717) is 0 Å². The summed E-state index contributed by atoms with van der Waals surface area (Å²) in [5.41, 5.74) is 0.274. The molecule has 1 N–H and O–H groups in total. The molecule has 0 saturated heterocycles. The summed E-state index contributed by atoms with van der Waals surface area (Å²) in [6.07, 6.45) is -0.682. The van der Waals surface area contributed by atoms with Crippen LogP contribution in [-0.2, 0) is 14.3 Å². The third-order valence-corrected chi connectivity index (χ3v) is 3.94. The number of hydrogen-bond donors (Lipinski definition) is 1. The molecule has 0 heterocycles. The van der Waals surface area contributed by atoms with Gasteiger partial charge in [0.25, 0.3) is 11.6 Å². The van der Waals surface area contributed by atoms with Crippen LogP contribution in [-0.4, -0.2) is 50.8 Å². The van der Waals surface area contributed by atoms with Gasteiger partial charge in [0, 0.05) is 13.1 Å². The van der Waals surface area contributed by atoms with E-state index < -0.39 is 29.5 Å². The van der Waals surface area contributed by atoms with Gasteiger partial charge in [-0.2, -0.15) is 0 Å². The SMILES string of the molecule is COC(=O)N(C)c1ccccc1C(=O)OCC(=O)Nc1ccc([N+](=O)[O-])cc1OC. The van der Waals surface area contributed by atoms with E-state index in [1.807, 2.05) is 0 Å². The summed E-state index contributed by atoms with van der Waals surface area (Å²) >= 11 is 0. The molecule has 0 unspecified atom stereocenters. The molecule has 0 saturated carbocycles. The van der Waals surface area contributed by atoms with Crippen molar-refractivity contribution in [1.29, 1.82) is 0 Å². The van der Waals surface area contributed by atoms with Gasteiger partial charge in [-0.3, -0.25) is 19.8 Å². The molecule has 0 atom stereocenters. The van der Waals surface area contributed by atoms with Crippen molar-refractivity contribution in [1.82, 2.24) is 0 Å². The molecule has 11 nitrogen and oxygen atoms in total. The van der Waals surface area contributed by atoms with Gasteiger partial charge in [-0.25, -0.2) is 9.59 Å². The molecular weight excluding hydrogens is 398 g/mol. The Balaban J connectivity index is 2.07. The number of amides is 2. The molecule has 2 aromatic carbocycles. The van der Waals surface area contributed by atoms with Gasteiger partial charge >= 0.3 is 12.1 Å². The number of anilines is 2. The van der Waals surface area contributed by atoms with Crippen LogP contribution in [0.5, 0.6) is 5.75 Å². The normalized spacial score (nSPS) is 9.97. The minimum atomic E-state index is -0.827. The van der Waals surface area contributed by atoms with E-state index in [4.69, 9.17) is 9.47 Å². The lowest BCUT2D eigenvalue weighted by Gasteiger charge is -2.18. The first-order valence-electron chi connectivity index (χ1n) is 8.48. The van der Waals surface area contributed by atoms with Gasteiger partial charge < -0.3 is 19.5 Å². The Morgan fingerprint density at radius 2 is 1.83 bits per heavy atom. The van der Waals surface area contributed by atoms with Gasteiger partial charge in [-0.15, -0.1) is 0 Å².